The quantitative estimate of drug-likeness (QED) is 0.146. The van der Waals surface area contributed by atoms with Crippen LogP contribution in [0.4, 0.5) is 0 Å². The van der Waals surface area contributed by atoms with E-state index in [1.807, 2.05) is 6.08 Å². The molecule has 156 valence electrons. The third kappa shape index (κ3) is 20.9. The number of rotatable bonds is 17. The second-order valence-corrected chi connectivity index (χ2v) is 8.21. The van der Waals surface area contributed by atoms with E-state index < -0.39 is 0 Å². The van der Waals surface area contributed by atoms with Gasteiger partial charge in [0.15, 0.2) is 0 Å². The van der Waals surface area contributed by atoms with Crippen LogP contribution in [0.1, 0.15) is 105 Å². The Bertz CT molecular complexity index is 430. The van der Waals surface area contributed by atoms with Crippen molar-refractivity contribution in [3.05, 3.63) is 36.5 Å². The first kappa shape index (κ1) is 25.7. The van der Waals surface area contributed by atoms with E-state index in [9.17, 15) is 4.79 Å². The monoisotopic (exact) mass is 376 g/mol. The van der Waals surface area contributed by atoms with Crippen molar-refractivity contribution in [2.75, 3.05) is 6.61 Å². The van der Waals surface area contributed by atoms with Crippen LogP contribution in [0.2, 0.25) is 0 Å². The molecule has 0 aliphatic heterocycles. The molecule has 0 N–H and O–H groups in total. The predicted molar refractivity (Wildman–Crippen MR) is 119 cm³/mol. The van der Waals surface area contributed by atoms with Crippen LogP contribution in [0, 0.1) is 5.41 Å². The molecule has 2 nitrogen and oxygen atoms in total. The molecule has 0 bridgehead atoms. The Kier molecular flexibility index (Phi) is 17.2. The van der Waals surface area contributed by atoms with Crippen LogP contribution in [-0.4, -0.2) is 12.6 Å². The fraction of sp³-hybridized carbons (Fsp3) is 0.720. The Labute approximate surface area is 169 Å². The zero-order chi connectivity index (χ0) is 20.2. The van der Waals surface area contributed by atoms with E-state index in [0.717, 1.165) is 12.8 Å². The molecular formula is C25H44O2. The van der Waals surface area contributed by atoms with Gasteiger partial charge >= 0.3 is 5.97 Å². The number of allylic oxidation sites excluding steroid dienone is 5. The minimum absolute atomic E-state index is 0.214. The van der Waals surface area contributed by atoms with Crippen LogP contribution < -0.4 is 0 Å². The van der Waals surface area contributed by atoms with Crippen molar-refractivity contribution in [3.63, 3.8) is 0 Å². The summed E-state index contributed by atoms with van der Waals surface area (Å²) >= 11 is 0. The molecule has 0 fully saturated rings. The van der Waals surface area contributed by atoms with Crippen LogP contribution >= 0.6 is 0 Å². The first-order valence-electron chi connectivity index (χ1n) is 11.1. The van der Waals surface area contributed by atoms with Crippen molar-refractivity contribution < 1.29 is 9.53 Å². The summed E-state index contributed by atoms with van der Waals surface area (Å²) in [5, 5.41) is 0. The van der Waals surface area contributed by atoms with Crippen LogP contribution in [0.5, 0.6) is 0 Å². The first-order valence-corrected chi connectivity index (χ1v) is 11.1. The molecule has 0 atom stereocenters. The Morgan fingerprint density at radius 2 is 1.30 bits per heavy atom. The normalized spacial score (nSPS) is 12.6. The molecule has 0 spiro atoms. The van der Waals surface area contributed by atoms with Crippen molar-refractivity contribution in [1.82, 2.24) is 0 Å². The van der Waals surface area contributed by atoms with Crippen molar-refractivity contribution in [3.8, 4) is 0 Å². The third-order valence-corrected chi connectivity index (χ3v) is 4.82. The minimum Gasteiger partial charge on any atom is -0.462 e. The van der Waals surface area contributed by atoms with Gasteiger partial charge in [-0.25, -0.2) is 0 Å². The largest absolute Gasteiger partial charge is 0.462 e. The Hall–Kier alpha value is -1.31. The molecule has 0 rings (SSSR count). The lowest BCUT2D eigenvalue weighted by atomic mass is 9.82. The van der Waals surface area contributed by atoms with Crippen LogP contribution in [-0.2, 0) is 9.53 Å². The molecule has 2 heteroatoms. The lowest BCUT2D eigenvalue weighted by molar-refractivity contribution is -0.139. The highest BCUT2D eigenvalue weighted by molar-refractivity contribution is 5.65. The van der Waals surface area contributed by atoms with Crippen molar-refractivity contribution >= 4 is 5.97 Å². The van der Waals surface area contributed by atoms with E-state index in [1.165, 1.54) is 71.1 Å². The first-order chi connectivity index (χ1) is 13.0. The van der Waals surface area contributed by atoms with Crippen LogP contribution in [0.15, 0.2) is 36.5 Å². The van der Waals surface area contributed by atoms with Gasteiger partial charge in [0.25, 0.3) is 0 Å². The second kappa shape index (κ2) is 18.1. The molecular weight excluding hydrogens is 332 g/mol. The van der Waals surface area contributed by atoms with Gasteiger partial charge in [0.2, 0.25) is 0 Å². The highest BCUT2D eigenvalue weighted by Crippen LogP contribution is 2.29. The smallest absolute Gasteiger partial charge is 0.302 e. The number of esters is 1. The Morgan fingerprint density at radius 1 is 0.741 bits per heavy atom. The van der Waals surface area contributed by atoms with Gasteiger partial charge in [-0.2, -0.15) is 0 Å². The number of unbranched alkanes of at least 4 members (excludes halogenated alkanes) is 6. The van der Waals surface area contributed by atoms with E-state index in [1.54, 1.807) is 0 Å². The third-order valence-electron chi connectivity index (χ3n) is 4.82. The zero-order valence-corrected chi connectivity index (χ0v) is 18.5. The van der Waals surface area contributed by atoms with Gasteiger partial charge in [-0.1, -0.05) is 70.1 Å². The summed E-state index contributed by atoms with van der Waals surface area (Å²) in [6.07, 6.45) is 28.4. The molecule has 0 aliphatic carbocycles. The molecule has 0 unspecified atom stereocenters. The Balaban J connectivity index is 3.55. The predicted octanol–water partition coefficient (Wildman–Crippen LogP) is 7.95. The topological polar surface area (TPSA) is 26.3 Å². The molecule has 0 aliphatic rings. The fourth-order valence-corrected chi connectivity index (χ4v) is 3.05. The molecule has 0 aromatic heterocycles. The maximum absolute atomic E-state index is 10.7. The molecule has 27 heavy (non-hydrogen) atoms. The van der Waals surface area contributed by atoms with E-state index >= 15 is 0 Å². The maximum atomic E-state index is 10.7. The van der Waals surface area contributed by atoms with Gasteiger partial charge in [0.1, 0.15) is 6.61 Å². The van der Waals surface area contributed by atoms with E-state index in [2.05, 4.69) is 51.2 Å². The molecule has 0 radical (unpaired) electrons. The fourth-order valence-electron chi connectivity index (χ4n) is 3.05. The highest BCUT2D eigenvalue weighted by Gasteiger charge is 2.15. The average Bonchev–Trinajstić information content (AvgIpc) is 2.61. The molecule has 0 amide bonds. The Morgan fingerprint density at radius 3 is 1.93 bits per heavy atom. The van der Waals surface area contributed by atoms with E-state index in [4.69, 9.17) is 4.74 Å². The maximum Gasteiger partial charge on any atom is 0.302 e. The number of carbonyl (C=O) groups excluding carboxylic acids is 1. The summed E-state index contributed by atoms with van der Waals surface area (Å²) in [6.45, 7) is 8.78. The molecule has 0 saturated heterocycles. The molecule has 0 aromatic rings. The standard InChI is InChI=1S/C25H44O2/c1-5-6-7-8-9-10-11-12-13-14-15-18-21-25(3,4)22-19-16-17-20-23-27-24(2)26/h6-7,14-15,17,20H,5,8-13,16,18-19,21-23H2,1-4H3/b7-6?,15-14+,20-17?. The van der Waals surface area contributed by atoms with E-state index in [-0.39, 0.29) is 5.97 Å². The van der Waals surface area contributed by atoms with Gasteiger partial charge in [0, 0.05) is 6.92 Å². The van der Waals surface area contributed by atoms with Crippen molar-refractivity contribution in [2.45, 2.75) is 105 Å². The summed E-state index contributed by atoms with van der Waals surface area (Å²) < 4.78 is 4.88. The zero-order valence-electron chi connectivity index (χ0n) is 18.5. The summed E-state index contributed by atoms with van der Waals surface area (Å²) in [4.78, 5) is 10.7. The van der Waals surface area contributed by atoms with Crippen LogP contribution in [0.25, 0.3) is 0 Å². The van der Waals surface area contributed by atoms with Crippen LogP contribution in [0.3, 0.4) is 0 Å². The lowest BCUT2D eigenvalue weighted by Crippen LogP contribution is -2.10. The summed E-state index contributed by atoms with van der Waals surface area (Å²) in [7, 11) is 0. The van der Waals surface area contributed by atoms with Gasteiger partial charge < -0.3 is 4.74 Å². The molecule has 0 heterocycles. The van der Waals surface area contributed by atoms with Gasteiger partial charge in [-0.15, -0.1) is 0 Å². The number of hydrogen-bond donors (Lipinski definition) is 0. The van der Waals surface area contributed by atoms with Gasteiger partial charge in [-0.3, -0.25) is 4.79 Å². The average molecular weight is 377 g/mol. The SMILES string of the molecule is CCC=CCCCCCC/C=C/CCC(C)(C)CCCC=CCOC(C)=O. The summed E-state index contributed by atoms with van der Waals surface area (Å²) in [5.41, 5.74) is 0.403. The minimum atomic E-state index is -0.214. The summed E-state index contributed by atoms with van der Waals surface area (Å²) in [6, 6.07) is 0. The lowest BCUT2D eigenvalue weighted by Gasteiger charge is -2.23. The number of carbonyl (C=O) groups is 1. The summed E-state index contributed by atoms with van der Waals surface area (Å²) in [5.74, 6) is -0.214. The van der Waals surface area contributed by atoms with Gasteiger partial charge in [0.05, 0.1) is 0 Å². The number of hydrogen-bond acceptors (Lipinski definition) is 2. The van der Waals surface area contributed by atoms with Crippen molar-refractivity contribution in [1.29, 1.82) is 0 Å². The second-order valence-electron chi connectivity index (χ2n) is 8.21. The van der Waals surface area contributed by atoms with E-state index in [0.29, 0.717) is 12.0 Å². The van der Waals surface area contributed by atoms with Gasteiger partial charge in [-0.05, 0) is 69.6 Å². The molecule has 0 saturated carbocycles. The molecule has 0 aromatic carbocycles. The number of ether oxygens (including phenoxy) is 1. The highest BCUT2D eigenvalue weighted by atomic mass is 16.5. The van der Waals surface area contributed by atoms with Crippen molar-refractivity contribution in [2.24, 2.45) is 5.41 Å².